The third-order valence-corrected chi connectivity index (χ3v) is 2.24. The molecule has 0 bridgehead atoms. The molecule has 0 amide bonds. The number of aliphatic hydroxyl groups excluding tert-OH is 1. The van der Waals surface area contributed by atoms with Gasteiger partial charge in [-0.1, -0.05) is 12.1 Å². The van der Waals surface area contributed by atoms with Gasteiger partial charge in [0.05, 0.1) is 13.2 Å². The van der Waals surface area contributed by atoms with Crippen LogP contribution in [0.15, 0.2) is 18.2 Å². The molecule has 0 aromatic heterocycles. The summed E-state index contributed by atoms with van der Waals surface area (Å²) in [4.78, 5) is 0. The molecule has 0 radical (unpaired) electrons. The van der Waals surface area contributed by atoms with Gasteiger partial charge < -0.3 is 15.6 Å². The number of alkyl halides is 3. The highest BCUT2D eigenvalue weighted by Gasteiger charge is 2.43. The van der Waals surface area contributed by atoms with Crippen LogP contribution in [-0.2, 0) is 0 Å². The van der Waals surface area contributed by atoms with Gasteiger partial charge in [-0.3, -0.25) is 0 Å². The Hall–Kier alpha value is -1.05. The van der Waals surface area contributed by atoms with Gasteiger partial charge in [0.15, 0.2) is 17.7 Å². The molecule has 8 heteroatoms. The molecule has 18 heavy (non-hydrogen) atoms. The maximum atomic E-state index is 13.2. The summed E-state index contributed by atoms with van der Waals surface area (Å²) in [6.45, 7) is 0. The van der Waals surface area contributed by atoms with Crippen LogP contribution >= 0.6 is 12.4 Å². The fourth-order valence-electron chi connectivity index (χ4n) is 1.38. The fraction of sp³-hybridized carbons (Fsp3) is 0.400. The van der Waals surface area contributed by atoms with Crippen molar-refractivity contribution in [2.24, 2.45) is 5.73 Å². The van der Waals surface area contributed by atoms with Gasteiger partial charge in [-0.2, -0.15) is 13.2 Å². The summed E-state index contributed by atoms with van der Waals surface area (Å²) in [5.74, 6) is -1.24. The minimum atomic E-state index is -4.88. The Kier molecular flexibility index (Phi) is 5.85. The molecule has 0 fully saturated rings. The predicted molar refractivity (Wildman–Crippen MR) is 59.2 cm³/mol. The molecule has 0 saturated heterocycles. The lowest BCUT2D eigenvalue weighted by molar-refractivity contribution is -0.210. The second-order valence-corrected chi connectivity index (χ2v) is 3.37. The molecule has 0 unspecified atom stereocenters. The average molecular weight is 290 g/mol. The first-order valence-electron chi connectivity index (χ1n) is 4.61. The van der Waals surface area contributed by atoms with Crippen LogP contribution in [0.5, 0.6) is 5.75 Å². The highest BCUT2D eigenvalue weighted by Crippen LogP contribution is 2.34. The molecule has 0 aliphatic rings. The monoisotopic (exact) mass is 289 g/mol. The van der Waals surface area contributed by atoms with Crippen molar-refractivity contribution in [2.75, 3.05) is 7.11 Å². The summed E-state index contributed by atoms with van der Waals surface area (Å²) in [6.07, 6.45) is -7.66. The van der Waals surface area contributed by atoms with Gasteiger partial charge in [0.25, 0.3) is 0 Å². The Bertz CT molecular complexity index is 400. The molecule has 1 rings (SSSR count). The fourth-order valence-corrected chi connectivity index (χ4v) is 1.38. The molecule has 3 nitrogen and oxygen atoms in total. The number of ether oxygens (including phenoxy) is 1. The van der Waals surface area contributed by atoms with E-state index in [9.17, 15) is 17.6 Å². The van der Waals surface area contributed by atoms with Crippen molar-refractivity contribution in [1.29, 1.82) is 0 Å². The van der Waals surface area contributed by atoms with Gasteiger partial charge in [-0.15, -0.1) is 12.4 Å². The van der Waals surface area contributed by atoms with Gasteiger partial charge in [0.1, 0.15) is 0 Å². The highest BCUT2D eigenvalue weighted by atomic mass is 35.5. The number of aliphatic hydroxyl groups is 1. The zero-order valence-corrected chi connectivity index (χ0v) is 10.1. The van der Waals surface area contributed by atoms with E-state index in [0.717, 1.165) is 13.2 Å². The molecule has 104 valence electrons. The third-order valence-electron chi connectivity index (χ3n) is 2.24. The number of para-hydroxylation sites is 1. The van der Waals surface area contributed by atoms with E-state index >= 15 is 0 Å². The Balaban J connectivity index is 0.00000289. The van der Waals surface area contributed by atoms with E-state index in [4.69, 9.17) is 10.8 Å². The standard InChI is InChI=1S/C10H11F4NO2.ClH/c1-17-8-5(3-2-4-6(8)11)7(15)9(16)10(12,13)14;/h2-4,7,9,16H,15H2,1H3;1H/t7-,9-;/m1./s1. The van der Waals surface area contributed by atoms with Crippen molar-refractivity contribution >= 4 is 12.4 Å². The van der Waals surface area contributed by atoms with Crippen LogP contribution in [0.1, 0.15) is 11.6 Å². The Labute approximate surface area is 107 Å². The van der Waals surface area contributed by atoms with Crippen LogP contribution in [0, 0.1) is 5.82 Å². The average Bonchev–Trinajstić information content (AvgIpc) is 2.25. The smallest absolute Gasteiger partial charge is 0.416 e. The minimum absolute atomic E-state index is 0. The van der Waals surface area contributed by atoms with E-state index in [-0.39, 0.29) is 18.0 Å². The molecule has 0 heterocycles. The van der Waals surface area contributed by atoms with Crippen LogP contribution in [0.25, 0.3) is 0 Å². The normalized spacial score (nSPS) is 14.6. The number of hydrogen-bond acceptors (Lipinski definition) is 3. The summed E-state index contributed by atoms with van der Waals surface area (Å²) in [7, 11) is 1.11. The quantitative estimate of drug-likeness (QED) is 0.839. The molecule has 0 spiro atoms. The van der Waals surface area contributed by atoms with E-state index in [0.29, 0.717) is 0 Å². The topological polar surface area (TPSA) is 55.5 Å². The second kappa shape index (κ2) is 6.21. The summed E-state index contributed by atoms with van der Waals surface area (Å²) in [6, 6.07) is 1.58. The molecule has 0 aliphatic carbocycles. The van der Waals surface area contributed by atoms with Crippen LogP contribution in [0.2, 0.25) is 0 Å². The minimum Gasteiger partial charge on any atom is -0.493 e. The highest BCUT2D eigenvalue weighted by molar-refractivity contribution is 5.85. The Morgan fingerprint density at radius 1 is 1.33 bits per heavy atom. The summed E-state index contributed by atoms with van der Waals surface area (Å²) in [5.41, 5.74) is 5.01. The molecular formula is C10H12ClF4NO2. The predicted octanol–water partition coefficient (Wildman–Crippen LogP) is 2.18. The van der Waals surface area contributed by atoms with Crippen LogP contribution < -0.4 is 10.5 Å². The molecule has 1 aromatic carbocycles. The van der Waals surface area contributed by atoms with Crippen molar-refractivity contribution in [2.45, 2.75) is 18.3 Å². The van der Waals surface area contributed by atoms with Gasteiger partial charge in [-0.05, 0) is 6.07 Å². The number of rotatable bonds is 3. The summed E-state index contributed by atoms with van der Waals surface area (Å²) >= 11 is 0. The first kappa shape index (κ1) is 16.9. The first-order chi connectivity index (χ1) is 7.79. The summed E-state index contributed by atoms with van der Waals surface area (Å²) in [5, 5.41) is 8.99. The maximum Gasteiger partial charge on any atom is 0.416 e. The number of halogens is 5. The molecule has 1 aromatic rings. The van der Waals surface area contributed by atoms with E-state index in [1.165, 1.54) is 12.1 Å². The number of benzene rings is 1. The zero-order valence-electron chi connectivity index (χ0n) is 9.24. The lowest BCUT2D eigenvalue weighted by atomic mass is 10.0. The van der Waals surface area contributed by atoms with E-state index < -0.39 is 29.9 Å². The Morgan fingerprint density at radius 2 is 1.89 bits per heavy atom. The van der Waals surface area contributed by atoms with Gasteiger partial charge in [-0.25, -0.2) is 4.39 Å². The molecular weight excluding hydrogens is 278 g/mol. The summed E-state index contributed by atoms with van der Waals surface area (Å²) < 4.78 is 54.6. The molecule has 2 atom stereocenters. The second-order valence-electron chi connectivity index (χ2n) is 3.37. The van der Waals surface area contributed by atoms with Crippen LogP contribution in [0.4, 0.5) is 17.6 Å². The van der Waals surface area contributed by atoms with Crippen LogP contribution in [-0.4, -0.2) is 24.5 Å². The van der Waals surface area contributed by atoms with E-state index in [1.807, 2.05) is 0 Å². The van der Waals surface area contributed by atoms with E-state index in [2.05, 4.69) is 4.74 Å². The number of nitrogens with two attached hydrogens (primary N) is 1. The van der Waals surface area contributed by atoms with Gasteiger partial charge in [0.2, 0.25) is 0 Å². The molecule has 0 saturated carbocycles. The van der Waals surface area contributed by atoms with Crippen molar-refractivity contribution < 1.29 is 27.4 Å². The van der Waals surface area contributed by atoms with Gasteiger partial charge >= 0.3 is 6.18 Å². The maximum absolute atomic E-state index is 13.2. The lowest BCUT2D eigenvalue weighted by Crippen LogP contribution is -2.39. The van der Waals surface area contributed by atoms with Gasteiger partial charge in [0, 0.05) is 5.56 Å². The van der Waals surface area contributed by atoms with E-state index in [1.54, 1.807) is 0 Å². The number of hydrogen-bond donors (Lipinski definition) is 2. The molecule has 0 aliphatic heterocycles. The van der Waals surface area contributed by atoms with Crippen LogP contribution in [0.3, 0.4) is 0 Å². The number of methoxy groups -OCH3 is 1. The third kappa shape index (κ3) is 3.47. The van der Waals surface area contributed by atoms with Crippen molar-refractivity contribution in [1.82, 2.24) is 0 Å². The van der Waals surface area contributed by atoms with Crippen molar-refractivity contribution in [3.8, 4) is 5.75 Å². The van der Waals surface area contributed by atoms with Crippen molar-refractivity contribution in [3.05, 3.63) is 29.6 Å². The lowest BCUT2D eigenvalue weighted by Gasteiger charge is -2.23. The first-order valence-corrected chi connectivity index (χ1v) is 4.61. The largest absolute Gasteiger partial charge is 0.493 e. The SMILES string of the molecule is COc1c(F)cccc1[C@@H](N)[C@@H](O)C(F)(F)F.Cl. The van der Waals surface area contributed by atoms with Crippen molar-refractivity contribution in [3.63, 3.8) is 0 Å². The molecule has 3 N–H and O–H groups in total. The Morgan fingerprint density at radius 3 is 2.33 bits per heavy atom. The zero-order chi connectivity index (χ0) is 13.2.